The molecule has 7 heteroatoms. The van der Waals surface area contributed by atoms with Crippen LogP contribution in [0.15, 0.2) is 68.2 Å². The summed E-state index contributed by atoms with van der Waals surface area (Å²) in [6, 6.07) is 15.1. The predicted octanol–water partition coefficient (Wildman–Crippen LogP) is 0.573. The van der Waals surface area contributed by atoms with E-state index < -0.39 is 10.1 Å². The molecule has 2 aromatic rings. The molecule has 1 aliphatic carbocycles. The van der Waals surface area contributed by atoms with Gasteiger partial charge in [0, 0.05) is 16.9 Å². The maximum Gasteiger partial charge on any atom is 1.00 e. The number of fused-ring (bicyclic) bond motifs is 4. The van der Waals surface area contributed by atoms with Crippen LogP contribution in [0.2, 0.25) is 0 Å². The van der Waals surface area contributed by atoms with E-state index in [0.29, 0.717) is 10.6 Å². The first-order valence-electron chi connectivity index (χ1n) is 6.69. The van der Waals surface area contributed by atoms with Crippen molar-refractivity contribution in [3.8, 4) is 0 Å². The molecule has 0 amide bonds. The Hall–Kier alpha value is -0.890. The molecule has 0 spiro atoms. The SMILES string of the molecule is O=S(=O)(O)C1=C2Sc3ccccc3N=C2c2ccccc2C1.[Na+]. The van der Waals surface area contributed by atoms with E-state index in [0.717, 1.165) is 21.7 Å². The van der Waals surface area contributed by atoms with E-state index in [4.69, 9.17) is 0 Å². The first-order chi connectivity index (χ1) is 10.5. The molecule has 1 N–H and O–H groups in total. The van der Waals surface area contributed by atoms with E-state index in [1.54, 1.807) is 0 Å². The minimum absolute atomic E-state index is 0. The molecule has 1 heterocycles. The average Bonchev–Trinajstić information content (AvgIpc) is 2.51. The van der Waals surface area contributed by atoms with Crippen LogP contribution in [0.25, 0.3) is 0 Å². The fraction of sp³-hybridized carbons (Fsp3) is 0.0625. The molecule has 23 heavy (non-hydrogen) atoms. The van der Waals surface area contributed by atoms with Crippen molar-refractivity contribution in [1.82, 2.24) is 0 Å². The topological polar surface area (TPSA) is 66.7 Å². The zero-order valence-electron chi connectivity index (χ0n) is 12.4. The number of benzene rings is 2. The Morgan fingerprint density at radius 2 is 1.74 bits per heavy atom. The first kappa shape index (κ1) is 17.0. The molecule has 4 rings (SSSR count). The first-order valence-corrected chi connectivity index (χ1v) is 8.94. The van der Waals surface area contributed by atoms with Crippen LogP contribution in [0.1, 0.15) is 11.1 Å². The average molecular weight is 352 g/mol. The molecule has 0 unspecified atom stereocenters. The number of rotatable bonds is 1. The fourth-order valence-electron chi connectivity index (χ4n) is 2.70. The van der Waals surface area contributed by atoms with Crippen molar-refractivity contribution in [3.05, 3.63) is 69.5 Å². The van der Waals surface area contributed by atoms with Gasteiger partial charge in [0.25, 0.3) is 10.1 Å². The normalized spacial score (nSPS) is 15.8. The third-order valence-electron chi connectivity index (χ3n) is 3.71. The second-order valence-electron chi connectivity index (χ2n) is 5.09. The van der Waals surface area contributed by atoms with Crippen LogP contribution in [0.4, 0.5) is 5.69 Å². The van der Waals surface area contributed by atoms with Gasteiger partial charge in [-0.2, -0.15) is 8.42 Å². The Balaban J connectivity index is 0.00000156. The van der Waals surface area contributed by atoms with Crippen LogP contribution in [0, 0.1) is 0 Å². The number of nitrogens with zero attached hydrogens (tertiary/aromatic N) is 1. The number of para-hydroxylation sites is 1. The molecule has 0 fully saturated rings. The summed E-state index contributed by atoms with van der Waals surface area (Å²) in [4.78, 5) is 6.08. The van der Waals surface area contributed by atoms with Gasteiger partial charge >= 0.3 is 29.6 Å². The van der Waals surface area contributed by atoms with Gasteiger partial charge in [-0.1, -0.05) is 48.2 Å². The van der Waals surface area contributed by atoms with E-state index in [-0.39, 0.29) is 40.9 Å². The van der Waals surface area contributed by atoms with Crippen molar-refractivity contribution >= 4 is 33.3 Å². The molecular formula is C16H11NNaO3S2+. The second-order valence-corrected chi connectivity index (χ2v) is 7.59. The Labute approximate surface area is 160 Å². The minimum Gasteiger partial charge on any atom is -0.282 e. The summed E-state index contributed by atoms with van der Waals surface area (Å²) in [5.41, 5.74) is 3.22. The Bertz CT molecular complexity index is 965. The number of hydrogen-bond donors (Lipinski definition) is 1. The molecule has 0 saturated heterocycles. The summed E-state index contributed by atoms with van der Waals surface area (Å²) in [6.45, 7) is 0. The largest absolute Gasteiger partial charge is 1.00 e. The van der Waals surface area contributed by atoms with E-state index >= 15 is 0 Å². The van der Waals surface area contributed by atoms with Gasteiger partial charge in [0.2, 0.25) is 0 Å². The third kappa shape index (κ3) is 2.95. The van der Waals surface area contributed by atoms with E-state index in [1.807, 2.05) is 48.5 Å². The van der Waals surface area contributed by atoms with Crippen molar-refractivity contribution in [2.45, 2.75) is 11.3 Å². The van der Waals surface area contributed by atoms with E-state index in [1.165, 1.54) is 11.8 Å². The summed E-state index contributed by atoms with van der Waals surface area (Å²) in [6.07, 6.45) is 0.193. The molecule has 0 atom stereocenters. The Morgan fingerprint density at radius 3 is 2.52 bits per heavy atom. The zero-order chi connectivity index (χ0) is 15.3. The maximum atomic E-state index is 11.8. The van der Waals surface area contributed by atoms with Crippen LogP contribution in [-0.2, 0) is 16.5 Å². The summed E-state index contributed by atoms with van der Waals surface area (Å²) in [5, 5.41) is 0. The van der Waals surface area contributed by atoms with Crippen molar-refractivity contribution in [2.24, 2.45) is 4.99 Å². The summed E-state index contributed by atoms with van der Waals surface area (Å²) < 4.78 is 33.2. The standard InChI is InChI=1S/C16H11NO3S2.Na/c18-22(19,20)14-9-10-5-1-2-6-11(10)15-16(14)21-13-8-4-3-7-12(13)17-15;/h1-8H,9H2,(H,18,19,20);/q;+1. The Kier molecular flexibility index (Phi) is 4.57. The molecule has 1 aliphatic heterocycles. The molecule has 0 radical (unpaired) electrons. The molecule has 2 aliphatic rings. The smallest absolute Gasteiger partial charge is 0.282 e. The van der Waals surface area contributed by atoms with Gasteiger partial charge in [0.1, 0.15) is 0 Å². The van der Waals surface area contributed by atoms with Gasteiger partial charge in [-0.25, -0.2) is 4.99 Å². The van der Waals surface area contributed by atoms with Gasteiger partial charge < -0.3 is 0 Å². The fourth-order valence-corrected chi connectivity index (χ4v) is 4.84. The van der Waals surface area contributed by atoms with Crippen LogP contribution < -0.4 is 29.6 Å². The number of aliphatic imine (C=N–C) groups is 1. The molecule has 4 nitrogen and oxygen atoms in total. The van der Waals surface area contributed by atoms with Gasteiger partial charge in [-0.05, 0) is 17.7 Å². The molecule has 0 saturated carbocycles. The van der Waals surface area contributed by atoms with Crippen molar-refractivity contribution < 1.29 is 42.5 Å². The van der Waals surface area contributed by atoms with Gasteiger partial charge in [-0.15, -0.1) is 0 Å². The molecule has 0 aromatic heterocycles. The van der Waals surface area contributed by atoms with Gasteiger partial charge in [0.15, 0.2) is 0 Å². The number of thioether (sulfide) groups is 1. The Morgan fingerprint density at radius 1 is 1.04 bits per heavy atom. The van der Waals surface area contributed by atoms with Gasteiger partial charge in [0.05, 0.1) is 21.2 Å². The predicted molar refractivity (Wildman–Crippen MR) is 87.2 cm³/mol. The summed E-state index contributed by atoms with van der Waals surface area (Å²) in [5.74, 6) is 0. The quantitative estimate of drug-likeness (QED) is 0.602. The third-order valence-corrected chi connectivity index (χ3v) is 6.02. The van der Waals surface area contributed by atoms with Crippen molar-refractivity contribution in [3.63, 3.8) is 0 Å². The zero-order valence-corrected chi connectivity index (χ0v) is 16.0. The number of hydrogen-bond acceptors (Lipinski definition) is 4. The maximum absolute atomic E-state index is 11.8. The monoisotopic (exact) mass is 352 g/mol. The molecular weight excluding hydrogens is 341 g/mol. The van der Waals surface area contributed by atoms with Crippen molar-refractivity contribution in [1.29, 1.82) is 0 Å². The summed E-state index contributed by atoms with van der Waals surface area (Å²) >= 11 is 1.35. The molecule has 2 aromatic carbocycles. The second kappa shape index (κ2) is 6.20. The van der Waals surface area contributed by atoms with Crippen molar-refractivity contribution in [2.75, 3.05) is 0 Å². The van der Waals surface area contributed by atoms with E-state index in [9.17, 15) is 13.0 Å². The van der Waals surface area contributed by atoms with Crippen LogP contribution in [0.5, 0.6) is 0 Å². The summed E-state index contributed by atoms with van der Waals surface area (Å²) in [7, 11) is -4.26. The van der Waals surface area contributed by atoms with Crippen LogP contribution in [0.3, 0.4) is 0 Å². The number of allylic oxidation sites excluding steroid dienone is 2. The molecule has 110 valence electrons. The minimum atomic E-state index is -4.26. The van der Waals surface area contributed by atoms with Crippen LogP contribution in [-0.4, -0.2) is 18.7 Å². The van der Waals surface area contributed by atoms with Gasteiger partial charge in [-0.3, -0.25) is 4.55 Å². The van der Waals surface area contributed by atoms with Crippen LogP contribution >= 0.6 is 11.8 Å². The van der Waals surface area contributed by atoms with E-state index in [2.05, 4.69) is 4.99 Å². The molecule has 0 bridgehead atoms.